The van der Waals surface area contributed by atoms with Crippen molar-refractivity contribution in [2.45, 2.75) is 13.0 Å². The van der Waals surface area contributed by atoms with Crippen molar-refractivity contribution >= 4 is 41.6 Å². The lowest BCUT2D eigenvalue weighted by atomic mass is 10.1. The van der Waals surface area contributed by atoms with Crippen molar-refractivity contribution in [2.75, 3.05) is 0 Å². The van der Waals surface area contributed by atoms with Crippen LogP contribution in [0.5, 0.6) is 0 Å². The van der Waals surface area contributed by atoms with Crippen LogP contribution in [-0.4, -0.2) is 17.1 Å². The lowest BCUT2D eigenvalue weighted by Crippen LogP contribution is -2.15. The maximum atomic E-state index is 12.2. The molecule has 0 aliphatic rings. The maximum Gasteiger partial charge on any atom is 0.332 e. The average Bonchev–Trinajstić information content (AvgIpc) is 2.38. The van der Waals surface area contributed by atoms with Crippen molar-refractivity contribution in [1.29, 1.82) is 0 Å². The molecule has 0 heterocycles. The minimum absolute atomic E-state index is 0.334. The Morgan fingerprint density at radius 1 is 1.37 bits per heavy atom. The highest BCUT2D eigenvalue weighted by Crippen LogP contribution is 2.28. The summed E-state index contributed by atoms with van der Waals surface area (Å²) in [4.78, 5) is 23.0. The summed E-state index contributed by atoms with van der Waals surface area (Å²) in [5.74, 6) is -1.11. The third kappa shape index (κ3) is 2.92. The monoisotopic (exact) mass is 295 g/mol. The van der Waals surface area contributed by atoms with Crippen LogP contribution in [0.4, 0.5) is 0 Å². The van der Waals surface area contributed by atoms with Gasteiger partial charge in [-0.25, -0.2) is 4.79 Å². The van der Waals surface area contributed by atoms with E-state index in [2.05, 4.69) is 4.74 Å². The van der Waals surface area contributed by atoms with Crippen LogP contribution in [0, 0.1) is 0 Å². The first kappa shape index (κ1) is 13.9. The van der Waals surface area contributed by atoms with E-state index in [1.165, 1.54) is 6.92 Å². The van der Waals surface area contributed by atoms with Gasteiger partial charge in [0.2, 0.25) is 7.94 Å². The van der Waals surface area contributed by atoms with E-state index >= 15 is 0 Å². The van der Waals surface area contributed by atoms with E-state index in [0.29, 0.717) is 10.3 Å². The van der Waals surface area contributed by atoms with Crippen molar-refractivity contribution in [2.24, 2.45) is 4.74 Å². The van der Waals surface area contributed by atoms with Crippen LogP contribution in [0.15, 0.2) is 41.1 Å². The first-order valence-corrected chi connectivity index (χ1v) is 7.18. The molecule has 0 spiro atoms. The fourth-order valence-electron chi connectivity index (χ4n) is 1.69. The summed E-state index contributed by atoms with van der Waals surface area (Å²) in [6.45, 7) is 1.38. The van der Waals surface area contributed by atoms with Gasteiger partial charge in [-0.1, -0.05) is 40.6 Å². The standard InChI is InChI=1S/C13H11ClNO3P/c1-8(13(16)17)15-19(18)12-10-5-3-2-4-9(10)6-7-11(12)14/h2-8H,1H3,(H,16,17). The van der Waals surface area contributed by atoms with Crippen LogP contribution in [-0.2, 0) is 4.79 Å². The zero-order chi connectivity index (χ0) is 14.0. The van der Waals surface area contributed by atoms with Gasteiger partial charge in [0.25, 0.3) is 0 Å². The first-order valence-electron chi connectivity index (χ1n) is 5.59. The highest BCUT2D eigenvalue weighted by molar-refractivity contribution is 7.49. The van der Waals surface area contributed by atoms with Gasteiger partial charge in [0, 0.05) is 5.39 Å². The summed E-state index contributed by atoms with van der Waals surface area (Å²) in [5.41, 5.74) is 0. The Labute approximate surface area is 116 Å². The van der Waals surface area contributed by atoms with E-state index in [1.54, 1.807) is 12.1 Å². The Bertz CT molecular complexity index is 672. The lowest BCUT2D eigenvalue weighted by Gasteiger charge is -2.05. The third-order valence-electron chi connectivity index (χ3n) is 2.68. The molecule has 0 fully saturated rings. The summed E-state index contributed by atoms with van der Waals surface area (Å²) in [6, 6.07) is 9.79. The zero-order valence-electron chi connectivity index (χ0n) is 10.1. The number of carbonyl (C=O) groups is 1. The molecule has 0 aliphatic carbocycles. The molecule has 0 bridgehead atoms. The van der Waals surface area contributed by atoms with Crippen molar-refractivity contribution in [3.05, 3.63) is 41.4 Å². The number of halogens is 1. The van der Waals surface area contributed by atoms with Gasteiger partial charge in [-0.15, -0.1) is 0 Å². The summed E-state index contributed by atoms with van der Waals surface area (Å²) in [5, 5.41) is 11.2. The second kappa shape index (κ2) is 5.66. The predicted octanol–water partition coefficient (Wildman–Crippen LogP) is 2.53. The largest absolute Gasteiger partial charge is 0.607 e. The lowest BCUT2D eigenvalue weighted by molar-refractivity contribution is -0.153. The molecule has 0 aromatic heterocycles. The predicted molar refractivity (Wildman–Crippen MR) is 75.0 cm³/mol. The maximum absolute atomic E-state index is 12.2. The van der Waals surface area contributed by atoms with Gasteiger partial charge in [-0.3, -0.25) is 0 Å². The van der Waals surface area contributed by atoms with E-state index in [-0.39, 0.29) is 0 Å². The molecule has 0 saturated carbocycles. The smallest absolute Gasteiger partial charge is 0.332 e. The molecule has 1 N–H and O–H groups in total. The molecule has 0 saturated heterocycles. The van der Waals surface area contributed by atoms with E-state index in [0.717, 1.165) is 10.8 Å². The summed E-state index contributed by atoms with van der Waals surface area (Å²) >= 11 is 6.07. The van der Waals surface area contributed by atoms with Gasteiger partial charge in [0.05, 0.1) is 5.02 Å². The molecule has 0 aliphatic heterocycles. The number of hydrogen-bond acceptors (Lipinski definition) is 3. The number of benzene rings is 2. The van der Waals surface area contributed by atoms with Crippen LogP contribution in [0.25, 0.3) is 10.8 Å². The molecule has 2 rings (SSSR count). The second-order valence-electron chi connectivity index (χ2n) is 4.02. The number of aliphatic carboxylic acids is 1. The molecule has 98 valence electrons. The summed E-state index contributed by atoms with van der Waals surface area (Å²) in [6.07, 6.45) is 0. The van der Waals surface area contributed by atoms with E-state index < -0.39 is 20.0 Å². The molecule has 2 aromatic carbocycles. The average molecular weight is 296 g/mol. The number of rotatable bonds is 3. The number of fused-ring (bicyclic) bond motifs is 1. The molecular weight excluding hydrogens is 285 g/mol. The Morgan fingerprint density at radius 2 is 2.05 bits per heavy atom. The Kier molecular flexibility index (Phi) is 4.15. The van der Waals surface area contributed by atoms with Gasteiger partial charge < -0.3 is 10.00 Å². The molecule has 0 amide bonds. The molecule has 2 unspecified atom stereocenters. The fourth-order valence-corrected chi connectivity index (χ4v) is 3.26. The highest BCUT2D eigenvalue weighted by Gasteiger charge is 2.19. The minimum Gasteiger partial charge on any atom is -0.607 e. The van der Waals surface area contributed by atoms with Crippen LogP contribution in [0.2, 0.25) is 5.02 Å². The molecule has 2 aromatic rings. The third-order valence-corrected chi connectivity index (χ3v) is 4.55. The summed E-state index contributed by atoms with van der Waals surface area (Å²) in [7, 11) is -2.21. The highest BCUT2D eigenvalue weighted by atomic mass is 35.5. The van der Waals surface area contributed by atoms with Crippen molar-refractivity contribution in [3.63, 3.8) is 0 Å². The number of carboxylic acids is 1. The quantitative estimate of drug-likeness (QED) is 0.884. The normalized spacial score (nSPS) is 13.5. The van der Waals surface area contributed by atoms with Crippen molar-refractivity contribution in [3.8, 4) is 0 Å². The second-order valence-corrected chi connectivity index (χ2v) is 5.65. The van der Waals surface area contributed by atoms with Crippen LogP contribution >= 0.6 is 19.5 Å². The Hall–Kier alpha value is -1.48. The molecule has 6 heteroatoms. The van der Waals surface area contributed by atoms with Gasteiger partial charge >= 0.3 is 5.97 Å². The fraction of sp³-hybridized carbons (Fsp3) is 0.154. The first-order chi connectivity index (χ1) is 9.00. The Balaban J connectivity index is 2.61. The van der Waals surface area contributed by atoms with E-state index in [4.69, 9.17) is 16.7 Å². The van der Waals surface area contributed by atoms with Crippen LogP contribution in [0.1, 0.15) is 6.92 Å². The number of carboxylic acid groups (broad SMARTS) is 1. The number of nitrogens with zero attached hydrogens (tertiary/aromatic N) is 1. The van der Waals surface area contributed by atoms with Gasteiger partial charge in [0.15, 0.2) is 11.3 Å². The Morgan fingerprint density at radius 3 is 2.74 bits per heavy atom. The van der Waals surface area contributed by atoms with E-state index in [1.807, 2.05) is 24.3 Å². The topological polar surface area (TPSA) is 72.7 Å². The van der Waals surface area contributed by atoms with Crippen LogP contribution in [0.3, 0.4) is 0 Å². The van der Waals surface area contributed by atoms with Gasteiger partial charge in [0.1, 0.15) is 0 Å². The molecule has 19 heavy (non-hydrogen) atoms. The minimum atomic E-state index is -2.21. The molecule has 0 radical (unpaired) electrons. The molecule has 2 atom stereocenters. The van der Waals surface area contributed by atoms with Crippen molar-refractivity contribution in [1.82, 2.24) is 0 Å². The SMILES string of the molecule is CC(N=[P+]([O-])c1c(Cl)ccc2ccccc12)C(=O)O. The molecular formula is C13H11ClNO3P. The summed E-state index contributed by atoms with van der Waals surface area (Å²) < 4.78 is 3.78. The number of hydrogen-bond donors (Lipinski definition) is 1. The molecule has 4 nitrogen and oxygen atoms in total. The van der Waals surface area contributed by atoms with E-state index in [9.17, 15) is 9.69 Å². The zero-order valence-corrected chi connectivity index (χ0v) is 11.7. The van der Waals surface area contributed by atoms with Crippen LogP contribution < -0.4 is 10.2 Å². The van der Waals surface area contributed by atoms with Gasteiger partial charge in [-0.05, 0) is 24.4 Å². The van der Waals surface area contributed by atoms with Gasteiger partial charge in [-0.2, -0.15) is 0 Å². The van der Waals surface area contributed by atoms with Crippen molar-refractivity contribution < 1.29 is 14.8 Å².